The van der Waals surface area contributed by atoms with Gasteiger partial charge in [-0.2, -0.15) is 0 Å². The van der Waals surface area contributed by atoms with E-state index in [0.29, 0.717) is 17.7 Å². The highest BCUT2D eigenvalue weighted by Gasteiger charge is 2.40. The summed E-state index contributed by atoms with van der Waals surface area (Å²) in [5.74, 6) is -0.130. The highest BCUT2D eigenvalue weighted by molar-refractivity contribution is 6.03. The van der Waals surface area contributed by atoms with Gasteiger partial charge in [-0.3, -0.25) is 9.59 Å². The Morgan fingerprint density at radius 2 is 1.86 bits per heavy atom. The highest BCUT2D eigenvalue weighted by atomic mass is 16.2. The number of ketones is 1. The first kappa shape index (κ1) is 17.7. The predicted octanol–water partition coefficient (Wildman–Crippen LogP) is 3.86. The van der Waals surface area contributed by atoms with Gasteiger partial charge in [-0.15, -0.1) is 0 Å². The second kappa shape index (κ2) is 7.58. The lowest BCUT2D eigenvalue weighted by Crippen LogP contribution is -2.43. The van der Waals surface area contributed by atoms with E-state index in [2.05, 4.69) is 13.8 Å². The van der Waals surface area contributed by atoms with Gasteiger partial charge in [0.15, 0.2) is 5.78 Å². The van der Waals surface area contributed by atoms with Crippen LogP contribution in [-0.4, -0.2) is 23.6 Å². The normalized spacial score (nSPS) is 18.7. The minimum absolute atomic E-state index is 0.118. The van der Waals surface area contributed by atoms with Crippen LogP contribution in [0.15, 0.2) is 17.3 Å². The number of amides is 1. The first-order valence-corrected chi connectivity index (χ1v) is 7.80. The topological polar surface area (TPSA) is 37.4 Å². The van der Waals surface area contributed by atoms with Crippen molar-refractivity contribution in [3.63, 3.8) is 0 Å². The van der Waals surface area contributed by atoms with Crippen molar-refractivity contribution in [1.82, 2.24) is 4.90 Å². The molecule has 0 heterocycles. The van der Waals surface area contributed by atoms with Crippen molar-refractivity contribution in [2.24, 2.45) is 5.41 Å². The van der Waals surface area contributed by atoms with Crippen LogP contribution in [-0.2, 0) is 9.59 Å². The number of rotatable bonds is 6. The fourth-order valence-electron chi connectivity index (χ4n) is 3.30. The molecular weight excluding hydrogens is 262 g/mol. The standard InChI is InChI=1S/C18H27NO2/c1-6-15(14(4)16(20)7-2)19(5)17(21)18(8-3)12-10-9-11-13-18/h2,7H,1,6,8-13H2,3-5H3/b7-2?,15-14+. The van der Waals surface area contributed by atoms with Crippen LogP contribution >= 0.6 is 0 Å². The van der Waals surface area contributed by atoms with E-state index in [0.717, 1.165) is 38.2 Å². The van der Waals surface area contributed by atoms with E-state index in [1.54, 1.807) is 18.9 Å². The van der Waals surface area contributed by atoms with Gasteiger partial charge < -0.3 is 4.90 Å². The molecule has 0 aliphatic heterocycles. The van der Waals surface area contributed by atoms with E-state index in [1.165, 1.54) is 6.42 Å². The van der Waals surface area contributed by atoms with E-state index in [-0.39, 0.29) is 17.1 Å². The van der Waals surface area contributed by atoms with Gasteiger partial charge in [0.25, 0.3) is 0 Å². The summed E-state index contributed by atoms with van der Waals surface area (Å²) in [4.78, 5) is 26.4. The van der Waals surface area contributed by atoms with Crippen LogP contribution in [0.4, 0.5) is 0 Å². The van der Waals surface area contributed by atoms with Crippen molar-refractivity contribution < 1.29 is 9.59 Å². The molecule has 3 nitrogen and oxygen atoms in total. The zero-order chi connectivity index (χ0) is 16.0. The van der Waals surface area contributed by atoms with Gasteiger partial charge in [0, 0.05) is 23.7 Å². The summed E-state index contributed by atoms with van der Waals surface area (Å²) in [5, 5.41) is 0. The van der Waals surface area contributed by atoms with Crippen molar-refractivity contribution in [3.8, 4) is 0 Å². The summed E-state index contributed by atoms with van der Waals surface area (Å²) in [6, 6.07) is 0. The van der Waals surface area contributed by atoms with E-state index >= 15 is 0 Å². The Bertz CT molecular complexity index is 442. The molecule has 1 aliphatic carbocycles. The van der Waals surface area contributed by atoms with Gasteiger partial charge in [-0.1, -0.05) is 32.8 Å². The van der Waals surface area contributed by atoms with Crippen LogP contribution < -0.4 is 0 Å². The number of nitrogens with zero attached hydrogens (tertiary/aromatic N) is 1. The highest BCUT2D eigenvalue weighted by Crippen LogP contribution is 2.41. The molecule has 1 saturated carbocycles. The molecule has 0 aromatic heterocycles. The second-order valence-electron chi connectivity index (χ2n) is 5.91. The lowest BCUT2D eigenvalue weighted by Gasteiger charge is -2.39. The molecule has 1 aliphatic rings. The molecule has 0 unspecified atom stereocenters. The maximum absolute atomic E-state index is 13.0. The van der Waals surface area contributed by atoms with Gasteiger partial charge >= 0.3 is 0 Å². The van der Waals surface area contributed by atoms with E-state index in [4.69, 9.17) is 6.58 Å². The molecule has 0 bridgehead atoms. The first-order valence-electron chi connectivity index (χ1n) is 7.80. The lowest BCUT2D eigenvalue weighted by molar-refractivity contribution is -0.141. The average Bonchev–Trinajstić information content (AvgIpc) is 2.54. The van der Waals surface area contributed by atoms with Gasteiger partial charge in [-0.25, -0.2) is 0 Å². The van der Waals surface area contributed by atoms with Crippen LogP contribution in [0.1, 0.15) is 58.8 Å². The molecule has 1 rings (SSSR count). The molecule has 0 spiro atoms. The fourth-order valence-corrected chi connectivity index (χ4v) is 3.30. The number of carbonyl (C=O) groups excluding carboxylic acids is 2. The second-order valence-corrected chi connectivity index (χ2v) is 5.91. The third-order valence-electron chi connectivity index (χ3n) is 4.84. The first-order chi connectivity index (χ1) is 9.93. The zero-order valence-corrected chi connectivity index (χ0v) is 13.6. The molecule has 21 heavy (non-hydrogen) atoms. The maximum Gasteiger partial charge on any atom is 0.232 e. The summed E-state index contributed by atoms with van der Waals surface area (Å²) < 4.78 is 0. The van der Waals surface area contributed by atoms with Crippen molar-refractivity contribution in [2.45, 2.75) is 58.8 Å². The van der Waals surface area contributed by atoms with Crippen molar-refractivity contribution >= 4 is 11.7 Å². The summed E-state index contributed by atoms with van der Waals surface area (Å²) in [5.41, 5.74) is 0.902. The minimum Gasteiger partial charge on any atom is -0.318 e. The van der Waals surface area contributed by atoms with Crippen molar-refractivity contribution in [1.29, 1.82) is 0 Å². The summed E-state index contributed by atoms with van der Waals surface area (Å²) in [6.45, 7) is 12.9. The Morgan fingerprint density at radius 1 is 1.29 bits per heavy atom. The third kappa shape index (κ3) is 3.63. The Kier molecular flexibility index (Phi) is 6.38. The summed E-state index contributed by atoms with van der Waals surface area (Å²) >= 11 is 0. The number of hydrogen-bond acceptors (Lipinski definition) is 2. The Balaban J connectivity index is 3.09. The molecule has 116 valence electrons. The SMILES string of the molecule is [CH]=CC(=O)/C(C)=C(\C[CH2])N(C)C(=O)C1(CC)CCCCC1. The molecule has 1 amide bonds. The fraction of sp³-hybridized carbons (Fsp3) is 0.611. The maximum atomic E-state index is 13.0. The molecule has 0 N–H and O–H groups in total. The van der Waals surface area contributed by atoms with Crippen LogP contribution in [0.25, 0.3) is 0 Å². The van der Waals surface area contributed by atoms with E-state index in [9.17, 15) is 9.59 Å². The van der Waals surface area contributed by atoms with Gasteiger partial charge in [-0.05, 0) is 45.6 Å². The van der Waals surface area contributed by atoms with Gasteiger partial charge in [0.05, 0.1) is 0 Å². The smallest absolute Gasteiger partial charge is 0.232 e. The molecule has 0 aromatic rings. The molecule has 0 atom stereocenters. The Morgan fingerprint density at radius 3 is 2.29 bits per heavy atom. The van der Waals surface area contributed by atoms with Crippen LogP contribution in [0, 0.1) is 18.9 Å². The molecule has 0 aromatic carbocycles. The van der Waals surface area contributed by atoms with E-state index in [1.807, 2.05) is 0 Å². The van der Waals surface area contributed by atoms with E-state index < -0.39 is 0 Å². The Hall–Kier alpha value is -1.38. The van der Waals surface area contributed by atoms with Gasteiger partial charge in [0.1, 0.15) is 0 Å². The summed E-state index contributed by atoms with van der Waals surface area (Å²) in [6.07, 6.45) is 7.57. The molecule has 3 heteroatoms. The van der Waals surface area contributed by atoms with Crippen molar-refractivity contribution in [2.75, 3.05) is 7.05 Å². The van der Waals surface area contributed by atoms with Crippen molar-refractivity contribution in [3.05, 3.63) is 30.8 Å². The Labute approximate surface area is 129 Å². The number of allylic oxidation sites excluding steroid dienone is 3. The van der Waals surface area contributed by atoms with Crippen LogP contribution in [0.3, 0.4) is 0 Å². The number of carbonyl (C=O) groups is 2. The van der Waals surface area contributed by atoms with Gasteiger partial charge in [0.2, 0.25) is 5.91 Å². The predicted molar refractivity (Wildman–Crippen MR) is 85.1 cm³/mol. The monoisotopic (exact) mass is 289 g/mol. The largest absolute Gasteiger partial charge is 0.318 e. The molecule has 0 saturated heterocycles. The number of hydrogen-bond donors (Lipinski definition) is 0. The summed E-state index contributed by atoms with van der Waals surface area (Å²) in [7, 11) is 1.75. The van der Waals surface area contributed by atoms with Crippen LogP contribution in [0.5, 0.6) is 0 Å². The quantitative estimate of drug-likeness (QED) is 0.696. The molecule has 2 radical (unpaired) electrons. The molecule has 1 fully saturated rings. The average molecular weight is 289 g/mol. The molecular formula is C18H27NO2. The third-order valence-corrected chi connectivity index (χ3v) is 4.84. The van der Waals surface area contributed by atoms with Crippen LogP contribution in [0.2, 0.25) is 0 Å². The lowest BCUT2D eigenvalue weighted by atomic mass is 9.71. The zero-order valence-electron chi connectivity index (χ0n) is 13.6. The minimum atomic E-state index is -0.275.